The molecule has 1 amide bonds. The molecule has 2 heterocycles. The number of unbranched alkanes of at least 4 members (excludes halogenated alkanes) is 50. The lowest BCUT2D eigenvalue weighted by atomic mass is 9.97. The van der Waals surface area contributed by atoms with Crippen LogP contribution in [-0.2, 0) is 23.7 Å². The van der Waals surface area contributed by atoms with Gasteiger partial charge in [-0.2, -0.15) is 0 Å². The molecule has 0 radical (unpaired) electrons. The molecule has 0 aliphatic carbocycles. The van der Waals surface area contributed by atoms with Crippen LogP contribution in [0.4, 0.5) is 0 Å². The quantitative estimate of drug-likeness (QED) is 0.0204. The van der Waals surface area contributed by atoms with Crippen LogP contribution in [0.5, 0.6) is 0 Å². The fourth-order valence-corrected chi connectivity index (χ4v) is 13.9. The second-order valence-electron chi connectivity index (χ2n) is 29.6. The molecule has 2 rings (SSSR count). The molecule has 99 heavy (non-hydrogen) atoms. The molecule has 580 valence electrons. The Balaban J connectivity index is 1.60. The zero-order valence-electron chi connectivity index (χ0n) is 63.7. The van der Waals surface area contributed by atoms with Crippen molar-refractivity contribution in [2.45, 2.75) is 453 Å². The third-order valence-electron chi connectivity index (χ3n) is 20.5. The first-order valence-corrected chi connectivity index (χ1v) is 42.0. The summed E-state index contributed by atoms with van der Waals surface area (Å²) in [5, 5.41) is 87.8. The molecule has 14 nitrogen and oxygen atoms in total. The molecular formula is C85H157NO13. The van der Waals surface area contributed by atoms with Crippen LogP contribution in [0.25, 0.3) is 0 Å². The summed E-state index contributed by atoms with van der Waals surface area (Å²) < 4.78 is 22.9. The van der Waals surface area contributed by atoms with E-state index in [1.807, 2.05) is 6.08 Å². The highest BCUT2D eigenvalue weighted by Crippen LogP contribution is 2.30. The first-order valence-electron chi connectivity index (χ1n) is 42.0. The smallest absolute Gasteiger partial charge is 0.220 e. The van der Waals surface area contributed by atoms with Gasteiger partial charge in [0.05, 0.1) is 32.0 Å². The third-order valence-corrected chi connectivity index (χ3v) is 20.5. The lowest BCUT2D eigenvalue weighted by molar-refractivity contribution is -0.359. The second-order valence-corrected chi connectivity index (χ2v) is 29.6. The number of carbonyl (C=O) groups excluding carboxylic acids is 1. The number of aliphatic hydroxyl groups excluding tert-OH is 8. The van der Waals surface area contributed by atoms with Crippen molar-refractivity contribution >= 4 is 5.91 Å². The van der Waals surface area contributed by atoms with Crippen LogP contribution in [-0.4, -0.2) is 140 Å². The molecule has 0 spiro atoms. The van der Waals surface area contributed by atoms with E-state index >= 15 is 0 Å². The lowest BCUT2D eigenvalue weighted by Crippen LogP contribution is -2.65. The van der Waals surface area contributed by atoms with Crippen molar-refractivity contribution in [1.82, 2.24) is 5.32 Å². The topological polar surface area (TPSA) is 228 Å². The van der Waals surface area contributed by atoms with E-state index < -0.39 is 86.8 Å². The number of carbonyl (C=O) groups is 1. The van der Waals surface area contributed by atoms with E-state index in [2.05, 4.69) is 67.8 Å². The minimum atomic E-state index is -1.79. The Morgan fingerprint density at radius 3 is 1.07 bits per heavy atom. The molecule has 9 N–H and O–H groups in total. The molecule has 0 aromatic carbocycles. The summed E-state index contributed by atoms with van der Waals surface area (Å²) in [6.45, 7) is 2.75. The van der Waals surface area contributed by atoms with Gasteiger partial charge in [-0.3, -0.25) is 4.79 Å². The van der Waals surface area contributed by atoms with Crippen LogP contribution < -0.4 is 5.32 Å². The van der Waals surface area contributed by atoms with Crippen molar-refractivity contribution in [3.05, 3.63) is 60.8 Å². The fraction of sp³-hybridized carbons (Fsp3) is 0.871. The van der Waals surface area contributed by atoms with Crippen molar-refractivity contribution in [1.29, 1.82) is 0 Å². The van der Waals surface area contributed by atoms with E-state index in [4.69, 9.17) is 18.9 Å². The number of nitrogens with one attached hydrogen (secondary N) is 1. The van der Waals surface area contributed by atoms with Crippen LogP contribution in [0.1, 0.15) is 380 Å². The Morgan fingerprint density at radius 1 is 0.374 bits per heavy atom. The van der Waals surface area contributed by atoms with Crippen LogP contribution >= 0.6 is 0 Å². The molecule has 0 aromatic heterocycles. The number of aliphatic hydroxyl groups is 8. The van der Waals surface area contributed by atoms with E-state index in [0.29, 0.717) is 6.42 Å². The van der Waals surface area contributed by atoms with E-state index in [9.17, 15) is 45.6 Å². The fourth-order valence-electron chi connectivity index (χ4n) is 13.9. The number of rotatable bonds is 71. The zero-order chi connectivity index (χ0) is 71.5. The number of allylic oxidation sites excluding steroid dienone is 9. The Morgan fingerprint density at radius 2 is 0.697 bits per heavy atom. The average Bonchev–Trinajstić information content (AvgIpc) is 0.793. The van der Waals surface area contributed by atoms with Gasteiger partial charge in [0, 0.05) is 6.42 Å². The molecule has 2 aliphatic heterocycles. The summed E-state index contributed by atoms with van der Waals surface area (Å²) in [6, 6.07) is -0.917. The molecule has 12 unspecified atom stereocenters. The van der Waals surface area contributed by atoms with Crippen LogP contribution in [0.3, 0.4) is 0 Å². The standard InChI is InChI=1S/C85H157NO13/c1-3-5-7-9-11-13-15-17-19-21-23-25-27-29-31-33-35-37-39-41-43-45-47-49-51-53-55-57-59-61-63-65-67-69-77(90)86-73(72-96-84-82(95)80(93)83(76(71-88)98-84)99-85-81(94)79(92)78(91)75(70-87)97-85)74(89)68-66-64-62-60-58-56-54-52-50-48-46-44-42-40-38-36-34-32-30-28-26-24-22-20-18-16-14-12-10-8-6-4-2/h5,7,11,13,17,19,23,25,66,68,73-76,78-85,87-89,91-95H,3-4,6,8-10,12,14-16,18,20-22,24,26-65,67,69-72H2,1-2H3,(H,86,90)/b7-5-,13-11-,19-17-,25-23-,68-66+. The predicted octanol–water partition coefficient (Wildman–Crippen LogP) is 19.5. The van der Waals surface area contributed by atoms with Crippen LogP contribution in [0, 0.1) is 0 Å². The van der Waals surface area contributed by atoms with Gasteiger partial charge in [0.2, 0.25) is 5.91 Å². The highest BCUT2D eigenvalue weighted by molar-refractivity contribution is 5.76. The first-order chi connectivity index (χ1) is 48.6. The molecule has 2 saturated heterocycles. The maximum Gasteiger partial charge on any atom is 0.220 e. The van der Waals surface area contributed by atoms with Gasteiger partial charge in [-0.25, -0.2) is 0 Å². The van der Waals surface area contributed by atoms with Crippen molar-refractivity contribution in [2.75, 3.05) is 19.8 Å². The molecular weight excluding hydrogens is 1240 g/mol. The van der Waals surface area contributed by atoms with Gasteiger partial charge in [0.25, 0.3) is 0 Å². The molecule has 2 fully saturated rings. The predicted molar refractivity (Wildman–Crippen MR) is 411 cm³/mol. The summed E-state index contributed by atoms with van der Waals surface area (Å²) in [4.78, 5) is 13.4. The highest BCUT2D eigenvalue weighted by atomic mass is 16.7. The van der Waals surface area contributed by atoms with E-state index in [-0.39, 0.29) is 18.9 Å². The van der Waals surface area contributed by atoms with Gasteiger partial charge in [0.1, 0.15) is 48.8 Å². The molecule has 0 saturated carbocycles. The summed E-state index contributed by atoms with van der Waals surface area (Å²) in [7, 11) is 0. The van der Waals surface area contributed by atoms with E-state index in [1.165, 1.54) is 289 Å². The molecule has 0 bridgehead atoms. The van der Waals surface area contributed by atoms with Crippen LogP contribution in [0.2, 0.25) is 0 Å². The van der Waals surface area contributed by atoms with Crippen molar-refractivity contribution in [2.24, 2.45) is 0 Å². The summed E-state index contributed by atoms with van der Waals surface area (Å²) in [6.07, 6.45) is 77.4. The van der Waals surface area contributed by atoms with Gasteiger partial charge in [-0.1, -0.05) is 376 Å². The summed E-state index contributed by atoms with van der Waals surface area (Å²) in [5.41, 5.74) is 0. The molecule has 0 aromatic rings. The van der Waals surface area contributed by atoms with Crippen molar-refractivity contribution in [3.63, 3.8) is 0 Å². The molecule has 2 aliphatic rings. The van der Waals surface area contributed by atoms with Gasteiger partial charge < -0.3 is 65.1 Å². The minimum Gasteiger partial charge on any atom is -0.394 e. The number of ether oxygens (including phenoxy) is 4. The van der Waals surface area contributed by atoms with Gasteiger partial charge >= 0.3 is 0 Å². The normalized spacial score (nSPS) is 22.2. The maximum absolute atomic E-state index is 13.4. The van der Waals surface area contributed by atoms with E-state index in [0.717, 1.165) is 64.2 Å². The summed E-state index contributed by atoms with van der Waals surface area (Å²) in [5.74, 6) is -0.233. The third kappa shape index (κ3) is 51.5. The second kappa shape index (κ2) is 68.8. The van der Waals surface area contributed by atoms with Crippen LogP contribution in [0.15, 0.2) is 60.8 Å². The lowest BCUT2D eigenvalue weighted by Gasteiger charge is -2.46. The highest BCUT2D eigenvalue weighted by Gasteiger charge is 2.51. The Kier molecular flexibility index (Phi) is 64.5. The monoisotopic (exact) mass is 1400 g/mol. The molecule has 12 atom stereocenters. The molecule has 14 heteroatoms. The van der Waals surface area contributed by atoms with E-state index in [1.54, 1.807) is 6.08 Å². The zero-order valence-corrected chi connectivity index (χ0v) is 63.7. The largest absolute Gasteiger partial charge is 0.394 e. The average molecular weight is 1400 g/mol. The SMILES string of the molecule is CC/C=C\C/C=C\C/C=C\C/C=C\CCCCCCCCCCCCCCCCCCCCCCC(=O)NC(COC1OC(CO)C(OC2OC(CO)C(O)C(O)C2O)C(O)C1O)C(O)/C=C/CCCCCCCCCCCCCCCCCCCCCCCCCCCCCCCC. The van der Waals surface area contributed by atoms with Crippen molar-refractivity contribution in [3.8, 4) is 0 Å². The van der Waals surface area contributed by atoms with Crippen molar-refractivity contribution < 1.29 is 64.6 Å². The Labute approximate surface area is 606 Å². The number of amides is 1. The minimum absolute atomic E-state index is 0.233. The number of hydrogen-bond donors (Lipinski definition) is 9. The Hall–Kier alpha value is -2.31. The first kappa shape index (κ1) is 92.8. The number of hydrogen-bond acceptors (Lipinski definition) is 13. The summed E-state index contributed by atoms with van der Waals surface area (Å²) >= 11 is 0. The maximum atomic E-state index is 13.4. The Bertz CT molecular complexity index is 1900. The van der Waals surface area contributed by atoms with Gasteiger partial charge in [-0.15, -0.1) is 0 Å². The van der Waals surface area contributed by atoms with Gasteiger partial charge in [-0.05, 0) is 57.8 Å². The van der Waals surface area contributed by atoms with Gasteiger partial charge in [0.15, 0.2) is 12.6 Å².